The Bertz CT molecular complexity index is 1250. The third-order valence-electron chi connectivity index (χ3n) is 7.38. The molecule has 1 aromatic carbocycles. The number of aryl methyl sites for hydroxylation is 2. The van der Waals surface area contributed by atoms with Gasteiger partial charge in [-0.1, -0.05) is 11.2 Å². The number of benzene rings is 1. The summed E-state index contributed by atoms with van der Waals surface area (Å²) in [5.74, 6) is 1.12. The van der Waals surface area contributed by atoms with Gasteiger partial charge in [0.25, 0.3) is 11.8 Å². The van der Waals surface area contributed by atoms with Crippen molar-refractivity contribution in [2.45, 2.75) is 51.4 Å². The van der Waals surface area contributed by atoms with E-state index in [0.29, 0.717) is 43.4 Å². The molecule has 170 valence electrons. The normalized spacial score (nSPS) is 18.5. The summed E-state index contributed by atoms with van der Waals surface area (Å²) in [5.41, 5.74) is 5.83. The molecule has 33 heavy (non-hydrogen) atoms. The summed E-state index contributed by atoms with van der Waals surface area (Å²) < 4.78 is 5.33. The first kappa shape index (κ1) is 20.4. The number of hydrogen-bond acceptors (Lipinski definition) is 5. The van der Waals surface area contributed by atoms with Gasteiger partial charge in [-0.05, 0) is 68.7 Å². The van der Waals surface area contributed by atoms with E-state index in [9.17, 15) is 9.59 Å². The van der Waals surface area contributed by atoms with E-state index >= 15 is 0 Å². The summed E-state index contributed by atoms with van der Waals surface area (Å²) in [6.45, 7) is 4.18. The fourth-order valence-electron chi connectivity index (χ4n) is 5.21. The SMILES string of the molecule is Cc1c2c(nc3cc(C(=O)N4CCN(C(=O)c5cc(C6CC6)on5)CC4)ccc13)CCCC2. The van der Waals surface area contributed by atoms with Crippen LogP contribution in [0.2, 0.25) is 0 Å². The summed E-state index contributed by atoms with van der Waals surface area (Å²) in [6, 6.07) is 7.68. The Labute approximate surface area is 192 Å². The van der Waals surface area contributed by atoms with Gasteiger partial charge in [0, 0.05) is 54.8 Å². The van der Waals surface area contributed by atoms with Gasteiger partial charge in [0.15, 0.2) is 5.69 Å². The van der Waals surface area contributed by atoms with Crippen LogP contribution in [0.25, 0.3) is 10.9 Å². The quantitative estimate of drug-likeness (QED) is 0.612. The molecule has 1 saturated carbocycles. The van der Waals surface area contributed by atoms with Gasteiger partial charge in [-0.25, -0.2) is 0 Å². The van der Waals surface area contributed by atoms with Crippen LogP contribution in [0, 0.1) is 6.92 Å². The van der Waals surface area contributed by atoms with Crippen LogP contribution in [0.3, 0.4) is 0 Å². The van der Waals surface area contributed by atoms with Crippen molar-refractivity contribution in [3.8, 4) is 0 Å². The van der Waals surface area contributed by atoms with Gasteiger partial charge < -0.3 is 14.3 Å². The molecule has 2 aromatic heterocycles. The largest absolute Gasteiger partial charge is 0.360 e. The Morgan fingerprint density at radius 2 is 1.70 bits per heavy atom. The second-order valence-electron chi connectivity index (χ2n) is 9.57. The van der Waals surface area contributed by atoms with Crippen molar-refractivity contribution in [2.75, 3.05) is 26.2 Å². The van der Waals surface area contributed by atoms with Gasteiger partial charge >= 0.3 is 0 Å². The lowest BCUT2D eigenvalue weighted by molar-refractivity contribution is 0.0530. The van der Waals surface area contributed by atoms with Gasteiger partial charge in [-0.3, -0.25) is 14.6 Å². The molecule has 2 fully saturated rings. The molecule has 7 nitrogen and oxygen atoms in total. The van der Waals surface area contributed by atoms with Crippen molar-refractivity contribution in [1.29, 1.82) is 0 Å². The van der Waals surface area contributed by atoms with E-state index in [1.165, 1.54) is 29.7 Å². The number of rotatable bonds is 3. The third kappa shape index (κ3) is 3.69. The van der Waals surface area contributed by atoms with Crippen LogP contribution in [0.1, 0.15) is 75.0 Å². The summed E-state index contributed by atoms with van der Waals surface area (Å²) in [6.07, 6.45) is 6.75. The minimum atomic E-state index is -0.118. The molecule has 0 unspecified atom stereocenters. The molecule has 0 bridgehead atoms. The van der Waals surface area contributed by atoms with Crippen LogP contribution >= 0.6 is 0 Å². The molecule has 1 aliphatic heterocycles. The highest BCUT2D eigenvalue weighted by Crippen LogP contribution is 2.40. The zero-order chi connectivity index (χ0) is 22.5. The van der Waals surface area contributed by atoms with E-state index in [4.69, 9.17) is 9.51 Å². The highest BCUT2D eigenvalue weighted by atomic mass is 16.5. The standard InChI is InChI=1S/C26H28N4O3/c1-16-19-4-2-3-5-21(19)27-22-14-18(8-9-20(16)22)25(31)29-10-12-30(13-11-29)26(32)23-15-24(33-28-23)17-6-7-17/h8-9,14-15,17H,2-7,10-13H2,1H3. The first-order chi connectivity index (χ1) is 16.1. The molecule has 0 N–H and O–H groups in total. The molecule has 0 spiro atoms. The van der Waals surface area contributed by atoms with Crippen molar-refractivity contribution in [2.24, 2.45) is 0 Å². The lowest BCUT2D eigenvalue weighted by atomic mass is 9.90. The monoisotopic (exact) mass is 444 g/mol. The van der Waals surface area contributed by atoms with Crippen LogP contribution in [-0.4, -0.2) is 57.9 Å². The number of amides is 2. The first-order valence-electron chi connectivity index (χ1n) is 12.1. The summed E-state index contributed by atoms with van der Waals surface area (Å²) >= 11 is 0. The summed E-state index contributed by atoms with van der Waals surface area (Å²) in [4.78, 5) is 34.5. The predicted molar refractivity (Wildman–Crippen MR) is 123 cm³/mol. The number of aromatic nitrogens is 2. The van der Waals surface area contributed by atoms with E-state index in [-0.39, 0.29) is 11.8 Å². The average Bonchev–Trinajstić information content (AvgIpc) is 3.59. The smallest absolute Gasteiger partial charge is 0.276 e. The fraction of sp³-hybridized carbons (Fsp3) is 0.462. The van der Waals surface area contributed by atoms with Crippen LogP contribution in [0.5, 0.6) is 0 Å². The van der Waals surface area contributed by atoms with Crippen LogP contribution in [0.4, 0.5) is 0 Å². The number of pyridine rings is 1. The van der Waals surface area contributed by atoms with Crippen molar-refractivity contribution in [1.82, 2.24) is 19.9 Å². The molecular weight excluding hydrogens is 416 g/mol. The Morgan fingerprint density at radius 1 is 0.970 bits per heavy atom. The number of hydrogen-bond donors (Lipinski definition) is 0. The molecule has 0 radical (unpaired) electrons. The molecule has 6 rings (SSSR count). The topological polar surface area (TPSA) is 79.5 Å². The highest BCUT2D eigenvalue weighted by molar-refractivity contribution is 5.99. The maximum atomic E-state index is 13.2. The van der Waals surface area contributed by atoms with E-state index < -0.39 is 0 Å². The van der Waals surface area contributed by atoms with Crippen molar-refractivity contribution in [3.05, 3.63) is 58.1 Å². The van der Waals surface area contributed by atoms with Gasteiger partial charge in [0.2, 0.25) is 0 Å². The van der Waals surface area contributed by atoms with Gasteiger partial charge in [0.05, 0.1) is 5.52 Å². The average molecular weight is 445 g/mol. The van der Waals surface area contributed by atoms with Crippen LogP contribution in [0.15, 0.2) is 28.8 Å². The minimum absolute atomic E-state index is 0.00127. The molecule has 3 aromatic rings. The molecule has 3 aliphatic rings. The second-order valence-corrected chi connectivity index (χ2v) is 9.57. The number of piperazine rings is 1. The summed E-state index contributed by atoms with van der Waals surface area (Å²) in [7, 11) is 0. The molecule has 3 heterocycles. The van der Waals surface area contributed by atoms with Crippen molar-refractivity contribution in [3.63, 3.8) is 0 Å². The Morgan fingerprint density at radius 3 is 2.45 bits per heavy atom. The van der Waals surface area contributed by atoms with Crippen LogP contribution < -0.4 is 0 Å². The van der Waals surface area contributed by atoms with E-state index in [0.717, 1.165) is 42.3 Å². The molecule has 7 heteroatoms. The molecule has 2 aliphatic carbocycles. The predicted octanol–water partition coefficient (Wildman–Crippen LogP) is 3.89. The molecule has 1 saturated heterocycles. The van der Waals surface area contributed by atoms with Gasteiger partial charge in [-0.2, -0.15) is 0 Å². The first-order valence-corrected chi connectivity index (χ1v) is 12.1. The second kappa shape index (κ2) is 7.97. The van der Waals surface area contributed by atoms with E-state index in [1.54, 1.807) is 11.0 Å². The molecule has 2 amide bonds. The number of carbonyl (C=O) groups is 2. The Hall–Kier alpha value is -3.22. The Kier molecular flexibility index (Phi) is 4.93. The van der Waals surface area contributed by atoms with E-state index in [1.807, 2.05) is 23.1 Å². The molecular formula is C26H28N4O3. The third-order valence-corrected chi connectivity index (χ3v) is 7.38. The number of fused-ring (bicyclic) bond motifs is 2. The van der Waals surface area contributed by atoms with Crippen LogP contribution in [-0.2, 0) is 12.8 Å². The van der Waals surface area contributed by atoms with Crippen molar-refractivity contribution < 1.29 is 14.1 Å². The molecule has 0 atom stereocenters. The highest BCUT2D eigenvalue weighted by Gasteiger charge is 2.31. The van der Waals surface area contributed by atoms with E-state index in [2.05, 4.69) is 12.1 Å². The lowest BCUT2D eigenvalue weighted by Crippen LogP contribution is -2.50. The maximum Gasteiger partial charge on any atom is 0.276 e. The number of nitrogens with zero attached hydrogens (tertiary/aromatic N) is 4. The lowest BCUT2D eigenvalue weighted by Gasteiger charge is -2.34. The maximum absolute atomic E-state index is 13.2. The van der Waals surface area contributed by atoms with Gasteiger partial charge in [-0.15, -0.1) is 0 Å². The van der Waals surface area contributed by atoms with Gasteiger partial charge in [0.1, 0.15) is 5.76 Å². The minimum Gasteiger partial charge on any atom is -0.360 e. The van der Waals surface area contributed by atoms with Crippen molar-refractivity contribution >= 4 is 22.7 Å². The number of carbonyl (C=O) groups excluding carboxylic acids is 2. The Balaban J connectivity index is 1.15. The summed E-state index contributed by atoms with van der Waals surface area (Å²) in [5, 5.41) is 5.11. The zero-order valence-corrected chi connectivity index (χ0v) is 19.0. The zero-order valence-electron chi connectivity index (χ0n) is 19.0. The fourth-order valence-corrected chi connectivity index (χ4v) is 5.21.